The van der Waals surface area contributed by atoms with Crippen LogP contribution in [0.3, 0.4) is 0 Å². The Bertz CT molecular complexity index is 331. The number of ether oxygens (including phenoxy) is 1. The summed E-state index contributed by atoms with van der Waals surface area (Å²) in [6, 6.07) is 0. The Kier molecular flexibility index (Phi) is 2.19. The summed E-state index contributed by atoms with van der Waals surface area (Å²) in [4.78, 5) is 0. The van der Waals surface area contributed by atoms with Gasteiger partial charge in [-0.1, -0.05) is 0 Å². The van der Waals surface area contributed by atoms with E-state index in [0.29, 0.717) is 31.0 Å². The number of hydrogen-bond acceptors (Lipinski definition) is 3. The Morgan fingerprint density at radius 3 is 3.07 bits per heavy atom. The molecule has 5 heteroatoms. The fourth-order valence-electron chi connectivity index (χ4n) is 1.94. The minimum absolute atomic E-state index is 0.336. The third kappa shape index (κ3) is 1.28. The van der Waals surface area contributed by atoms with Gasteiger partial charge < -0.3 is 10.1 Å². The number of alkyl halides is 1. The van der Waals surface area contributed by atoms with Crippen molar-refractivity contribution in [3.63, 3.8) is 0 Å². The average Bonchev–Trinajstić information content (AvgIpc) is 2.73. The molecule has 1 aromatic heterocycles. The standard InChI is InChI=1S/C9H14FN3O/c1-13-8(7(14-2)5-12-13)9(10)3-4-11-6-9/h5,11H,3-4,6H2,1-2H3. The second-order valence-electron chi connectivity index (χ2n) is 3.58. The number of rotatable bonds is 2. The highest BCUT2D eigenvalue weighted by atomic mass is 19.1. The fraction of sp³-hybridized carbons (Fsp3) is 0.667. The number of aromatic nitrogens is 2. The van der Waals surface area contributed by atoms with E-state index in [4.69, 9.17) is 4.74 Å². The zero-order valence-corrected chi connectivity index (χ0v) is 8.38. The lowest BCUT2D eigenvalue weighted by Gasteiger charge is -2.19. The molecular formula is C9H14FN3O. The molecular weight excluding hydrogens is 185 g/mol. The lowest BCUT2D eigenvalue weighted by molar-refractivity contribution is 0.173. The van der Waals surface area contributed by atoms with Gasteiger partial charge in [-0.3, -0.25) is 4.68 Å². The van der Waals surface area contributed by atoms with Gasteiger partial charge in [-0.2, -0.15) is 5.10 Å². The van der Waals surface area contributed by atoms with E-state index >= 15 is 0 Å². The Hall–Kier alpha value is -1.10. The van der Waals surface area contributed by atoms with E-state index in [9.17, 15) is 4.39 Å². The number of aryl methyl sites for hydroxylation is 1. The van der Waals surface area contributed by atoms with Crippen LogP contribution in [-0.4, -0.2) is 30.0 Å². The number of hydrogen-bond donors (Lipinski definition) is 1. The van der Waals surface area contributed by atoms with Crippen LogP contribution in [0.1, 0.15) is 12.1 Å². The summed E-state index contributed by atoms with van der Waals surface area (Å²) in [5.41, 5.74) is -0.804. The average molecular weight is 199 g/mol. The predicted octanol–water partition coefficient (Wildman–Crippen LogP) is 0.587. The second kappa shape index (κ2) is 3.24. The van der Waals surface area contributed by atoms with Gasteiger partial charge >= 0.3 is 0 Å². The van der Waals surface area contributed by atoms with Crippen LogP contribution in [0, 0.1) is 0 Å². The number of nitrogens with zero attached hydrogens (tertiary/aromatic N) is 2. The van der Waals surface area contributed by atoms with E-state index in [1.807, 2.05) is 0 Å². The van der Waals surface area contributed by atoms with Crippen molar-refractivity contribution < 1.29 is 9.13 Å². The Labute approximate surface area is 82.1 Å². The van der Waals surface area contributed by atoms with Crippen LogP contribution in [0.15, 0.2) is 6.20 Å². The van der Waals surface area contributed by atoms with Crippen molar-refractivity contribution in [2.24, 2.45) is 7.05 Å². The van der Waals surface area contributed by atoms with Gasteiger partial charge in [0.15, 0.2) is 11.4 Å². The van der Waals surface area contributed by atoms with Crippen molar-refractivity contribution in [2.45, 2.75) is 12.1 Å². The van der Waals surface area contributed by atoms with E-state index < -0.39 is 5.67 Å². The second-order valence-corrected chi connectivity index (χ2v) is 3.58. The van der Waals surface area contributed by atoms with Gasteiger partial charge in [0, 0.05) is 20.0 Å². The quantitative estimate of drug-likeness (QED) is 0.757. The molecule has 1 N–H and O–H groups in total. The third-order valence-corrected chi connectivity index (χ3v) is 2.65. The molecule has 2 rings (SSSR count). The molecule has 0 aliphatic carbocycles. The van der Waals surface area contributed by atoms with Gasteiger partial charge in [-0.15, -0.1) is 0 Å². The van der Waals surface area contributed by atoms with E-state index in [0.717, 1.165) is 0 Å². The first-order chi connectivity index (χ1) is 6.67. The molecule has 78 valence electrons. The first kappa shape index (κ1) is 9.45. The molecule has 14 heavy (non-hydrogen) atoms. The van der Waals surface area contributed by atoms with E-state index in [2.05, 4.69) is 10.4 Å². The number of nitrogens with one attached hydrogen (secondary N) is 1. The minimum Gasteiger partial charge on any atom is -0.493 e. The van der Waals surface area contributed by atoms with E-state index in [1.54, 1.807) is 17.9 Å². The highest BCUT2D eigenvalue weighted by molar-refractivity contribution is 5.32. The van der Waals surface area contributed by atoms with Gasteiger partial charge in [0.2, 0.25) is 0 Å². The SMILES string of the molecule is COc1cnn(C)c1C1(F)CCNC1. The Balaban J connectivity index is 2.42. The maximum atomic E-state index is 14.4. The summed E-state index contributed by atoms with van der Waals surface area (Å²) in [5.74, 6) is 0.527. The molecule has 1 aromatic rings. The summed E-state index contributed by atoms with van der Waals surface area (Å²) in [5, 5.41) is 7.01. The van der Waals surface area contributed by atoms with Crippen LogP contribution in [0.25, 0.3) is 0 Å². The molecule has 1 saturated heterocycles. The van der Waals surface area contributed by atoms with Crippen LogP contribution in [0.2, 0.25) is 0 Å². The zero-order chi connectivity index (χ0) is 10.2. The zero-order valence-electron chi connectivity index (χ0n) is 8.38. The van der Waals surface area contributed by atoms with Crippen molar-refractivity contribution in [1.29, 1.82) is 0 Å². The maximum absolute atomic E-state index is 14.4. The fourth-order valence-corrected chi connectivity index (χ4v) is 1.94. The van der Waals surface area contributed by atoms with Crippen molar-refractivity contribution in [3.05, 3.63) is 11.9 Å². The molecule has 2 heterocycles. The third-order valence-electron chi connectivity index (χ3n) is 2.65. The molecule has 0 bridgehead atoms. The molecule has 1 aliphatic heterocycles. The molecule has 1 fully saturated rings. The van der Waals surface area contributed by atoms with Gasteiger partial charge in [-0.05, 0) is 6.54 Å². The summed E-state index contributed by atoms with van der Waals surface area (Å²) in [7, 11) is 3.27. The van der Waals surface area contributed by atoms with Crippen LogP contribution in [0.4, 0.5) is 4.39 Å². The van der Waals surface area contributed by atoms with Gasteiger partial charge in [0.25, 0.3) is 0 Å². The largest absolute Gasteiger partial charge is 0.493 e. The number of halogens is 1. The number of methoxy groups -OCH3 is 1. The van der Waals surface area contributed by atoms with Crippen molar-refractivity contribution in [3.8, 4) is 5.75 Å². The molecule has 0 radical (unpaired) electrons. The van der Waals surface area contributed by atoms with Crippen LogP contribution >= 0.6 is 0 Å². The summed E-state index contributed by atoms with van der Waals surface area (Å²) in [6.07, 6.45) is 2.03. The molecule has 4 nitrogen and oxygen atoms in total. The van der Waals surface area contributed by atoms with Gasteiger partial charge in [-0.25, -0.2) is 4.39 Å². The molecule has 0 amide bonds. The van der Waals surface area contributed by atoms with Crippen molar-refractivity contribution >= 4 is 0 Å². The highest BCUT2D eigenvalue weighted by Gasteiger charge is 2.40. The first-order valence-corrected chi connectivity index (χ1v) is 4.63. The summed E-state index contributed by atoms with van der Waals surface area (Å²) < 4.78 is 21.0. The molecule has 1 aliphatic rings. The topological polar surface area (TPSA) is 39.1 Å². The molecule has 0 aromatic carbocycles. The van der Waals surface area contributed by atoms with Gasteiger partial charge in [0.05, 0.1) is 13.3 Å². The lowest BCUT2D eigenvalue weighted by atomic mass is 10.0. The highest BCUT2D eigenvalue weighted by Crippen LogP contribution is 2.37. The molecule has 0 spiro atoms. The maximum Gasteiger partial charge on any atom is 0.169 e. The summed E-state index contributed by atoms with van der Waals surface area (Å²) in [6.45, 7) is 1.04. The van der Waals surface area contributed by atoms with E-state index in [-0.39, 0.29) is 0 Å². The smallest absolute Gasteiger partial charge is 0.169 e. The monoisotopic (exact) mass is 199 g/mol. The van der Waals surface area contributed by atoms with Crippen LogP contribution < -0.4 is 10.1 Å². The van der Waals surface area contributed by atoms with Crippen LogP contribution in [-0.2, 0) is 12.7 Å². The first-order valence-electron chi connectivity index (χ1n) is 4.63. The molecule has 1 atom stereocenters. The van der Waals surface area contributed by atoms with Crippen molar-refractivity contribution in [1.82, 2.24) is 15.1 Å². The van der Waals surface area contributed by atoms with E-state index in [1.165, 1.54) is 7.11 Å². The normalized spacial score (nSPS) is 26.8. The van der Waals surface area contributed by atoms with Gasteiger partial charge in [0.1, 0.15) is 5.69 Å². The molecule has 1 unspecified atom stereocenters. The Morgan fingerprint density at radius 1 is 1.71 bits per heavy atom. The van der Waals surface area contributed by atoms with Crippen molar-refractivity contribution in [2.75, 3.05) is 20.2 Å². The molecule has 0 saturated carbocycles. The summed E-state index contributed by atoms with van der Waals surface area (Å²) >= 11 is 0. The minimum atomic E-state index is -1.34. The lowest BCUT2D eigenvalue weighted by Crippen LogP contribution is -2.26. The van der Waals surface area contributed by atoms with Crippen LogP contribution in [0.5, 0.6) is 5.75 Å². The Morgan fingerprint density at radius 2 is 2.50 bits per heavy atom. The predicted molar refractivity (Wildman–Crippen MR) is 50.0 cm³/mol.